The van der Waals surface area contributed by atoms with Gasteiger partial charge in [-0.2, -0.15) is 4.39 Å². The van der Waals surface area contributed by atoms with E-state index >= 15 is 0 Å². The highest BCUT2D eigenvalue weighted by Gasteiger charge is 2.34. The molecule has 0 spiro atoms. The van der Waals surface area contributed by atoms with Gasteiger partial charge in [0.25, 0.3) is 5.91 Å². The van der Waals surface area contributed by atoms with E-state index in [9.17, 15) is 9.18 Å². The summed E-state index contributed by atoms with van der Waals surface area (Å²) in [6, 6.07) is 6.95. The van der Waals surface area contributed by atoms with E-state index in [4.69, 9.17) is 0 Å². The average molecular weight is 477 g/mol. The summed E-state index contributed by atoms with van der Waals surface area (Å²) in [5.74, 6) is 1.26. The van der Waals surface area contributed by atoms with Gasteiger partial charge in [-0.05, 0) is 36.6 Å². The Balaban J connectivity index is 1.17. The monoisotopic (exact) mass is 476 g/mol. The van der Waals surface area contributed by atoms with Crippen molar-refractivity contribution in [2.24, 2.45) is 5.41 Å². The van der Waals surface area contributed by atoms with Crippen LogP contribution < -0.4 is 20.0 Å². The van der Waals surface area contributed by atoms with E-state index in [2.05, 4.69) is 60.7 Å². The van der Waals surface area contributed by atoms with Crippen LogP contribution >= 0.6 is 0 Å². The fourth-order valence-corrected chi connectivity index (χ4v) is 4.67. The molecule has 3 aromatic heterocycles. The minimum atomic E-state index is -0.480. The van der Waals surface area contributed by atoms with Crippen molar-refractivity contribution >= 4 is 29.0 Å². The predicted molar refractivity (Wildman–Crippen MR) is 133 cm³/mol. The molecule has 2 aliphatic rings. The molecule has 10 heteroatoms. The number of nitrogens with zero attached hydrogens (tertiary/aromatic N) is 7. The van der Waals surface area contributed by atoms with E-state index in [1.807, 2.05) is 6.07 Å². The summed E-state index contributed by atoms with van der Waals surface area (Å²) >= 11 is 0. The van der Waals surface area contributed by atoms with Crippen molar-refractivity contribution in [2.45, 2.75) is 26.8 Å². The average Bonchev–Trinajstić information content (AvgIpc) is 2.83. The van der Waals surface area contributed by atoms with Gasteiger partial charge in [0.1, 0.15) is 11.6 Å². The maximum Gasteiger partial charge on any atom is 0.258 e. The normalized spacial score (nSPS) is 19.3. The minimum Gasteiger partial charge on any atom is -0.366 e. The third-order valence-corrected chi connectivity index (χ3v) is 6.45. The Morgan fingerprint density at radius 1 is 0.943 bits per heavy atom. The van der Waals surface area contributed by atoms with Crippen LogP contribution in [-0.4, -0.2) is 64.6 Å². The Bertz CT molecular complexity index is 1180. The molecule has 0 aromatic carbocycles. The molecule has 0 radical (unpaired) electrons. The number of rotatable bonds is 5. The molecule has 3 aromatic rings. The van der Waals surface area contributed by atoms with E-state index in [-0.39, 0.29) is 11.9 Å². The molecule has 1 amide bonds. The summed E-state index contributed by atoms with van der Waals surface area (Å²) in [6.07, 6.45) is 6.40. The summed E-state index contributed by atoms with van der Waals surface area (Å²) in [6.45, 7) is 10.7. The van der Waals surface area contributed by atoms with Gasteiger partial charge >= 0.3 is 0 Å². The second-order valence-electron chi connectivity index (χ2n) is 9.97. The number of nitrogens with one attached hydrogen (secondary N) is 1. The zero-order valence-corrected chi connectivity index (χ0v) is 20.1. The molecule has 1 N–H and O–H groups in total. The first-order valence-electron chi connectivity index (χ1n) is 11.7. The van der Waals surface area contributed by atoms with E-state index in [1.54, 1.807) is 36.9 Å². The fraction of sp³-hybridized carbons (Fsp3) is 0.400. The summed E-state index contributed by atoms with van der Waals surface area (Å²) in [5.41, 5.74) is 1.69. The predicted octanol–water partition coefficient (Wildman–Crippen LogP) is 3.22. The molecule has 0 aliphatic carbocycles. The molecule has 182 valence electrons. The quantitative estimate of drug-likeness (QED) is 0.562. The number of aromatic nitrogens is 4. The van der Waals surface area contributed by atoms with Gasteiger partial charge in [-0.15, -0.1) is 0 Å². The molecule has 2 fully saturated rings. The molecule has 1 atom stereocenters. The molecule has 5 rings (SSSR count). The number of anilines is 4. The zero-order valence-electron chi connectivity index (χ0n) is 20.1. The number of halogens is 1. The van der Waals surface area contributed by atoms with Crippen LogP contribution in [0.2, 0.25) is 0 Å². The van der Waals surface area contributed by atoms with Crippen molar-refractivity contribution in [3.05, 3.63) is 60.6 Å². The van der Waals surface area contributed by atoms with Crippen LogP contribution in [0.25, 0.3) is 0 Å². The smallest absolute Gasteiger partial charge is 0.258 e. The van der Waals surface area contributed by atoms with E-state index in [1.165, 1.54) is 6.07 Å². The van der Waals surface area contributed by atoms with Crippen LogP contribution in [0.15, 0.2) is 49.1 Å². The summed E-state index contributed by atoms with van der Waals surface area (Å²) in [7, 11) is 0. The fourth-order valence-electron chi connectivity index (χ4n) is 4.67. The largest absolute Gasteiger partial charge is 0.366 e. The number of pyridine rings is 2. The van der Waals surface area contributed by atoms with Gasteiger partial charge in [-0.25, -0.2) is 19.9 Å². The first-order valence-corrected chi connectivity index (χ1v) is 11.7. The van der Waals surface area contributed by atoms with Gasteiger partial charge in [0, 0.05) is 45.0 Å². The van der Waals surface area contributed by atoms with Gasteiger partial charge in [-0.3, -0.25) is 4.79 Å². The maximum atomic E-state index is 13.1. The number of carbonyl (C=O) groups excluding carboxylic acids is 1. The second-order valence-corrected chi connectivity index (χ2v) is 9.97. The molecule has 0 unspecified atom stereocenters. The van der Waals surface area contributed by atoms with Gasteiger partial charge in [0.2, 0.25) is 5.95 Å². The first-order chi connectivity index (χ1) is 16.8. The number of carbonyl (C=O) groups is 1. The van der Waals surface area contributed by atoms with Crippen molar-refractivity contribution in [2.75, 3.05) is 52.7 Å². The Kier molecular flexibility index (Phi) is 5.96. The van der Waals surface area contributed by atoms with Crippen LogP contribution in [0, 0.1) is 11.4 Å². The lowest BCUT2D eigenvalue weighted by Crippen LogP contribution is -2.53. The molecular formula is C25H29FN8O. The number of hydrogen-bond donors (Lipinski definition) is 1. The molecule has 9 nitrogen and oxygen atoms in total. The molecule has 2 saturated heterocycles. The summed E-state index contributed by atoms with van der Waals surface area (Å²) in [4.78, 5) is 36.3. The van der Waals surface area contributed by atoms with E-state index in [0.29, 0.717) is 16.8 Å². The van der Waals surface area contributed by atoms with Gasteiger partial charge in [-0.1, -0.05) is 13.8 Å². The van der Waals surface area contributed by atoms with E-state index < -0.39 is 5.95 Å². The summed E-state index contributed by atoms with van der Waals surface area (Å²) in [5, 5.41) is 2.79. The maximum absolute atomic E-state index is 13.1. The van der Waals surface area contributed by atoms with Gasteiger partial charge < -0.3 is 20.0 Å². The summed E-state index contributed by atoms with van der Waals surface area (Å²) < 4.78 is 13.1. The van der Waals surface area contributed by atoms with Crippen LogP contribution in [0.3, 0.4) is 0 Å². The second kappa shape index (κ2) is 9.09. The number of amides is 1. The molecule has 0 bridgehead atoms. The van der Waals surface area contributed by atoms with Gasteiger partial charge in [0.15, 0.2) is 5.82 Å². The highest BCUT2D eigenvalue weighted by molar-refractivity contribution is 6.03. The lowest BCUT2D eigenvalue weighted by atomic mass is 9.84. The Hall–Kier alpha value is -3.82. The van der Waals surface area contributed by atoms with Crippen molar-refractivity contribution in [3.8, 4) is 0 Å². The lowest BCUT2D eigenvalue weighted by Gasteiger charge is -2.46. The Morgan fingerprint density at radius 2 is 1.74 bits per heavy atom. The van der Waals surface area contributed by atoms with Crippen LogP contribution in [0.5, 0.6) is 0 Å². The lowest BCUT2D eigenvalue weighted by molar-refractivity contribution is 0.102. The molecule has 0 saturated carbocycles. The molecular weight excluding hydrogens is 447 g/mol. The third kappa shape index (κ3) is 5.01. The highest BCUT2D eigenvalue weighted by atomic mass is 19.1. The Labute approximate surface area is 204 Å². The van der Waals surface area contributed by atoms with Crippen LogP contribution in [0.1, 0.15) is 31.1 Å². The van der Waals surface area contributed by atoms with Gasteiger partial charge in [0.05, 0.1) is 29.8 Å². The SMILES string of the molecule is C[C@H]1CN(c2ccc(F)nc2)CCN1c1cnc(NC(=O)c2ccc(N3CC(C)(C)C3)nc2)cn1. The molecule has 5 heterocycles. The van der Waals surface area contributed by atoms with Crippen molar-refractivity contribution in [3.63, 3.8) is 0 Å². The van der Waals surface area contributed by atoms with Crippen molar-refractivity contribution in [1.82, 2.24) is 19.9 Å². The zero-order chi connectivity index (χ0) is 24.6. The highest BCUT2D eigenvalue weighted by Crippen LogP contribution is 2.32. The molecule has 2 aliphatic heterocycles. The van der Waals surface area contributed by atoms with Crippen LogP contribution in [0.4, 0.5) is 27.5 Å². The third-order valence-electron chi connectivity index (χ3n) is 6.45. The standard InChI is InChI=1S/C25H29FN8O/c1-17-14-32(19-5-6-20(26)27-11-19)8-9-34(17)23-13-28-21(12-30-23)31-24(35)18-4-7-22(29-10-18)33-15-25(2,3)16-33/h4-7,10-13,17H,8-9,14-16H2,1-3H3,(H,28,31,35)/t17-/m0/s1. The number of piperazine rings is 1. The number of hydrogen-bond acceptors (Lipinski definition) is 8. The van der Waals surface area contributed by atoms with Crippen molar-refractivity contribution < 1.29 is 9.18 Å². The minimum absolute atomic E-state index is 0.171. The van der Waals surface area contributed by atoms with Crippen molar-refractivity contribution in [1.29, 1.82) is 0 Å². The van der Waals surface area contributed by atoms with E-state index in [0.717, 1.165) is 50.0 Å². The first kappa shape index (κ1) is 22.9. The van der Waals surface area contributed by atoms with Crippen LogP contribution in [-0.2, 0) is 0 Å². The Morgan fingerprint density at radius 3 is 2.34 bits per heavy atom. The molecule has 35 heavy (non-hydrogen) atoms. The topological polar surface area (TPSA) is 90.4 Å².